The van der Waals surface area contributed by atoms with Crippen LogP contribution in [-0.4, -0.2) is 6.54 Å². The average molecular weight is 252 g/mol. The molecule has 0 heterocycles. The number of benzene rings is 1. The normalized spacial score (nSPS) is 19.2. The molecular weight excluding hydrogens is 230 g/mol. The van der Waals surface area contributed by atoms with Gasteiger partial charge in [0.15, 0.2) is 0 Å². The van der Waals surface area contributed by atoms with Crippen molar-refractivity contribution in [2.75, 3.05) is 6.54 Å². The van der Waals surface area contributed by atoms with Crippen molar-refractivity contribution >= 4 is 11.6 Å². The van der Waals surface area contributed by atoms with Crippen LogP contribution in [0.15, 0.2) is 24.3 Å². The topological polar surface area (TPSA) is 12.0 Å². The zero-order chi connectivity index (χ0) is 12.1. The molecule has 1 aliphatic carbocycles. The van der Waals surface area contributed by atoms with E-state index < -0.39 is 0 Å². The molecule has 17 heavy (non-hydrogen) atoms. The maximum atomic E-state index is 6.33. The van der Waals surface area contributed by atoms with Gasteiger partial charge in [-0.2, -0.15) is 0 Å². The van der Waals surface area contributed by atoms with Gasteiger partial charge in [-0.25, -0.2) is 0 Å². The lowest BCUT2D eigenvalue weighted by molar-refractivity contribution is 0.274. The Morgan fingerprint density at radius 2 is 1.94 bits per heavy atom. The van der Waals surface area contributed by atoms with Crippen molar-refractivity contribution in [3.8, 4) is 0 Å². The van der Waals surface area contributed by atoms with Gasteiger partial charge in [-0.1, -0.05) is 56.0 Å². The van der Waals surface area contributed by atoms with Gasteiger partial charge < -0.3 is 5.32 Å². The molecule has 1 unspecified atom stereocenters. The Labute approximate surface area is 110 Å². The highest BCUT2D eigenvalue weighted by Crippen LogP contribution is 2.36. The molecule has 2 heteroatoms. The van der Waals surface area contributed by atoms with Gasteiger partial charge in [-0.15, -0.1) is 0 Å². The van der Waals surface area contributed by atoms with Crippen molar-refractivity contribution in [3.63, 3.8) is 0 Å². The molecule has 0 aliphatic heterocycles. The molecule has 0 radical (unpaired) electrons. The third-order valence-corrected chi connectivity index (χ3v) is 4.13. The first-order valence-corrected chi connectivity index (χ1v) is 7.18. The highest BCUT2D eigenvalue weighted by atomic mass is 35.5. The van der Waals surface area contributed by atoms with E-state index in [1.807, 2.05) is 12.1 Å². The fraction of sp³-hybridized carbons (Fsp3) is 0.600. The van der Waals surface area contributed by atoms with Crippen LogP contribution in [-0.2, 0) is 0 Å². The number of hydrogen-bond acceptors (Lipinski definition) is 1. The largest absolute Gasteiger partial charge is 0.310 e. The molecule has 1 aromatic rings. The van der Waals surface area contributed by atoms with Crippen LogP contribution in [0.5, 0.6) is 0 Å². The third-order valence-electron chi connectivity index (χ3n) is 3.79. The summed E-state index contributed by atoms with van der Waals surface area (Å²) in [6.45, 7) is 3.18. The van der Waals surface area contributed by atoms with Crippen molar-refractivity contribution in [3.05, 3.63) is 34.9 Å². The molecule has 1 atom stereocenters. The molecule has 0 amide bonds. The minimum absolute atomic E-state index is 0.439. The molecule has 1 saturated carbocycles. The Balaban J connectivity index is 2.18. The van der Waals surface area contributed by atoms with Gasteiger partial charge in [-0.05, 0) is 36.9 Å². The average Bonchev–Trinajstić information content (AvgIpc) is 2.38. The van der Waals surface area contributed by atoms with Crippen molar-refractivity contribution in [1.29, 1.82) is 0 Å². The first-order chi connectivity index (χ1) is 8.33. The SMILES string of the molecule is CCNC(c1ccccc1Cl)C1CCCCC1. The Bertz CT molecular complexity index is 345. The number of nitrogens with one attached hydrogen (secondary N) is 1. The predicted molar refractivity (Wildman–Crippen MR) is 74.4 cm³/mol. The standard InChI is InChI=1S/C15H22ClN/c1-2-17-15(12-8-4-3-5-9-12)13-10-6-7-11-14(13)16/h6-7,10-12,15,17H,2-5,8-9H2,1H3. The maximum absolute atomic E-state index is 6.33. The van der Waals surface area contributed by atoms with E-state index in [0.717, 1.165) is 17.5 Å². The van der Waals surface area contributed by atoms with Crippen molar-refractivity contribution in [2.45, 2.75) is 45.1 Å². The minimum Gasteiger partial charge on any atom is -0.310 e. The van der Waals surface area contributed by atoms with Crippen molar-refractivity contribution in [2.24, 2.45) is 5.92 Å². The summed E-state index contributed by atoms with van der Waals surface area (Å²) in [5.74, 6) is 0.753. The molecule has 0 bridgehead atoms. The first kappa shape index (κ1) is 12.9. The van der Waals surface area contributed by atoms with Crippen LogP contribution in [0.4, 0.5) is 0 Å². The molecule has 0 saturated heterocycles. The second-order valence-corrected chi connectivity index (χ2v) is 5.36. The summed E-state index contributed by atoms with van der Waals surface area (Å²) < 4.78 is 0. The van der Waals surface area contributed by atoms with Gasteiger partial charge in [-0.3, -0.25) is 0 Å². The second kappa shape index (κ2) is 6.42. The molecule has 0 spiro atoms. The summed E-state index contributed by atoms with van der Waals surface area (Å²) in [5.41, 5.74) is 1.28. The van der Waals surface area contributed by atoms with E-state index in [2.05, 4.69) is 24.4 Å². The highest BCUT2D eigenvalue weighted by Gasteiger charge is 2.25. The Morgan fingerprint density at radius 3 is 2.59 bits per heavy atom. The van der Waals surface area contributed by atoms with Crippen molar-refractivity contribution in [1.82, 2.24) is 5.32 Å². The van der Waals surface area contributed by atoms with Crippen LogP contribution in [0.25, 0.3) is 0 Å². The Morgan fingerprint density at radius 1 is 1.24 bits per heavy atom. The zero-order valence-corrected chi connectivity index (χ0v) is 11.3. The summed E-state index contributed by atoms with van der Waals surface area (Å²) in [5, 5.41) is 4.53. The second-order valence-electron chi connectivity index (χ2n) is 4.95. The Kier molecular flexibility index (Phi) is 4.87. The summed E-state index contributed by atoms with van der Waals surface area (Å²) in [4.78, 5) is 0. The van der Waals surface area contributed by atoms with E-state index in [9.17, 15) is 0 Å². The first-order valence-electron chi connectivity index (χ1n) is 6.80. The van der Waals surface area contributed by atoms with Crippen LogP contribution in [0.3, 0.4) is 0 Å². The maximum Gasteiger partial charge on any atom is 0.0453 e. The predicted octanol–water partition coefficient (Wildman–Crippen LogP) is 4.57. The van der Waals surface area contributed by atoms with Crippen LogP contribution in [0.1, 0.15) is 50.6 Å². The molecule has 1 aromatic carbocycles. The van der Waals surface area contributed by atoms with Crippen LogP contribution >= 0.6 is 11.6 Å². The Hall–Kier alpha value is -0.530. The molecule has 1 fully saturated rings. The summed E-state index contributed by atoms with van der Waals surface area (Å²) in [6.07, 6.45) is 6.82. The molecule has 1 aliphatic rings. The van der Waals surface area contributed by atoms with Crippen LogP contribution in [0, 0.1) is 5.92 Å². The van der Waals surface area contributed by atoms with E-state index in [1.54, 1.807) is 0 Å². The lowest BCUT2D eigenvalue weighted by Crippen LogP contribution is -2.29. The molecule has 0 aromatic heterocycles. The van der Waals surface area contributed by atoms with Gasteiger partial charge in [0.05, 0.1) is 0 Å². The number of hydrogen-bond donors (Lipinski definition) is 1. The van der Waals surface area contributed by atoms with E-state index in [0.29, 0.717) is 6.04 Å². The van der Waals surface area contributed by atoms with Gasteiger partial charge in [0.1, 0.15) is 0 Å². The van der Waals surface area contributed by atoms with Gasteiger partial charge in [0.2, 0.25) is 0 Å². The lowest BCUT2D eigenvalue weighted by Gasteiger charge is -2.31. The van der Waals surface area contributed by atoms with E-state index >= 15 is 0 Å². The van der Waals surface area contributed by atoms with Gasteiger partial charge in [0, 0.05) is 11.1 Å². The molecule has 1 nitrogen and oxygen atoms in total. The molecule has 94 valence electrons. The van der Waals surface area contributed by atoms with E-state index in [1.165, 1.54) is 37.7 Å². The summed E-state index contributed by atoms with van der Waals surface area (Å²) in [6, 6.07) is 8.72. The van der Waals surface area contributed by atoms with Crippen molar-refractivity contribution < 1.29 is 0 Å². The fourth-order valence-corrected chi connectivity index (χ4v) is 3.20. The van der Waals surface area contributed by atoms with Crippen LogP contribution in [0.2, 0.25) is 5.02 Å². The van der Waals surface area contributed by atoms with E-state index in [4.69, 9.17) is 11.6 Å². The van der Waals surface area contributed by atoms with E-state index in [-0.39, 0.29) is 0 Å². The lowest BCUT2D eigenvalue weighted by atomic mass is 9.81. The van der Waals surface area contributed by atoms with Gasteiger partial charge >= 0.3 is 0 Å². The van der Waals surface area contributed by atoms with Crippen LogP contribution < -0.4 is 5.32 Å². The minimum atomic E-state index is 0.439. The number of rotatable bonds is 4. The van der Waals surface area contributed by atoms with Gasteiger partial charge in [0.25, 0.3) is 0 Å². The third kappa shape index (κ3) is 3.23. The fourth-order valence-electron chi connectivity index (χ4n) is 2.95. The number of halogens is 1. The summed E-state index contributed by atoms with van der Waals surface area (Å²) >= 11 is 6.33. The smallest absolute Gasteiger partial charge is 0.0453 e. The zero-order valence-electron chi connectivity index (χ0n) is 10.6. The highest BCUT2D eigenvalue weighted by molar-refractivity contribution is 6.31. The molecular formula is C15H22ClN. The molecule has 2 rings (SSSR count). The quantitative estimate of drug-likeness (QED) is 0.827. The molecule has 1 N–H and O–H groups in total. The monoisotopic (exact) mass is 251 g/mol. The summed E-state index contributed by atoms with van der Waals surface area (Å²) in [7, 11) is 0.